The van der Waals surface area contributed by atoms with Crippen LogP contribution in [0, 0.1) is 6.92 Å². The fraction of sp³-hybridized carbons (Fsp3) is 0.667. The highest BCUT2D eigenvalue weighted by molar-refractivity contribution is 7.99. The van der Waals surface area contributed by atoms with Crippen LogP contribution in [0.5, 0.6) is 0 Å². The molecule has 0 unspecified atom stereocenters. The SMILES string of the molecule is CCSCCc1nn(C)cc1C. The molecule has 3 heteroatoms. The molecule has 2 nitrogen and oxygen atoms in total. The summed E-state index contributed by atoms with van der Waals surface area (Å²) in [6.07, 6.45) is 3.18. The van der Waals surface area contributed by atoms with Gasteiger partial charge >= 0.3 is 0 Å². The van der Waals surface area contributed by atoms with E-state index in [1.54, 1.807) is 0 Å². The molecule has 0 saturated heterocycles. The maximum atomic E-state index is 4.39. The van der Waals surface area contributed by atoms with Crippen LogP contribution in [0.4, 0.5) is 0 Å². The molecule has 0 aliphatic rings. The van der Waals surface area contributed by atoms with Crippen molar-refractivity contribution in [1.29, 1.82) is 0 Å². The number of thioether (sulfide) groups is 1. The molecule has 0 aliphatic heterocycles. The average Bonchev–Trinajstić information content (AvgIpc) is 2.31. The van der Waals surface area contributed by atoms with E-state index in [2.05, 4.69) is 25.1 Å². The Morgan fingerprint density at radius 1 is 1.58 bits per heavy atom. The van der Waals surface area contributed by atoms with Gasteiger partial charge in [-0.3, -0.25) is 4.68 Å². The Bertz CT molecular complexity index is 243. The van der Waals surface area contributed by atoms with Gasteiger partial charge in [-0.05, 0) is 24.0 Å². The van der Waals surface area contributed by atoms with Gasteiger partial charge in [-0.25, -0.2) is 0 Å². The first-order valence-electron chi connectivity index (χ1n) is 4.31. The van der Waals surface area contributed by atoms with Crippen molar-refractivity contribution in [2.24, 2.45) is 7.05 Å². The number of aromatic nitrogens is 2. The van der Waals surface area contributed by atoms with Gasteiger partial charge in [0.15, 0.2) is 0 Å². The van der Waals surface area contributed by atoms with Crippen molar-refractivity contribution >= 4 is 11.8 Å². The number of hydrogen-bond acceptors (Lipinski definition) is 2. The Morgan fingerprint density at radius 2 is 2.33 bits per heavy atom. The lowest BCUT2D eigenvalue weighted by molar-refractivity contribution is 0.747. The second kappa shape index (κ2) is 4.55. The third-order valence-electron chi connectivity index (χ3n) is 1.80. The summed E-state index contributed by atoms with van der Waals surface area (Å²) >= 11 is 1.97. The van der Waals surface area contributed by atoms with E-state index in [9.17, 15) is 0 Å². The van der Waals surface area contributed by atoms with E-state index in [0.29, 0.717) is 0 Å². The summed E-state index contributed by atoms with van der Waals surface area (Å²) in [5, 5.41) is 4.39. The van der Waals surface area contributed by atoms with Crippen molar-refractivity contribution in [3.05, 3.63) is 17.5 Å². The van der Waals surface area contributed by atoms with Crippen LogP contribution in [-0.2, 0) is 13.5 Å². The van der Waals surface area contributed by atoms with Crippen molar-refractivity contribution in [1.82, 2.24) is 9.78 Å². The van der Waals surface area contributed by atoms with Gasteiger partial charge in [-0.2, -0.15) is 16.9 Å². The highest BCUT2D eigenvalue weighted by Gasteiger charge is 2.01. The monoisotopic (exact) mass is 184 g/mol. The van der Waals surface area contributed by atoms with E-state index in [1.165, 1.54) is 22.8 Å². The molecule has 1 heterocycles. The first kappa shape index (κ1) is 9.65. The molecule has 12 heavy (non-hydrogen) atoms. The molecule has 0 atom stereocenters. The van der Waals surface area contributed by atoms with E-state index in [0.717, 1.165) is 6.42 Å². The van der Waals surface area contributed by atoms with Crippen LogP contribution < -0.4 is 0 Å². The summed E-state index contributed by atoms with van der Waals surface area (Å²) < 4.78 is 1.89. The summed E-state index contributed by atoms with van der Waals surface area (Å²) in [4.78, 5) is 0. The van der Waals surface area contributed by atoms with Crippen molar-refractivity contribution in [2.45, 2.75) is 20.3 Å². The summed E-state index contributed by atoms with van der Waals surface area (Å²) in [5.74, 6) is 2.39. The second-order valence-electron chi connectivity index (χ2n) is 2.88. The van der Waals surface area contributed by atoms with E-state index in [4.69, 9.17) is 0 Å². The molecule has 0 aliphatic carbocycles. The zero-order valence-corrected chi connectivity index (χ0v) is 8.82. The minimum atomic E-state index is 1.10. The lowest BCUT2D eigenvalue weighted by atomic mass is 10.2. The minimum Gasteiger partial charge on any atom is -0.275 e. The van der Waals surface area contributed by atoms with Gasteiger partial charge in [-0.1, -0.05) is 6.92 Å². The van der Waals surface area contributed by atoms with Gasteiger partial charge in [0.2, 0.25) is 0 Å². The molecule has 0 N–H and O–H groups in total. The van der Waals surface area contributed by atoms with Crippen LogP contribution in [0.25, 0.3) is 0 Å². The van der Waals surface area contributed by atoms with Crippen molar-refractivity contribution < 1.29 is 0 Å². The lowest BCUT2D eigenvalue weighted by Gasteiger charge is -1.96. The molecule has 0 bridgehead atoms. The Morgan fingerprint density at radius 3 is 2.83 bits per heavy atom. The van der Waals surface area contributed by atoms with E-state index >= 15 is 0 Å². The van der Waals surface area contributed by atoms with Gasteiger partial charge in [0, 0.05) is 19.7 Å². The fourth-order valence-electron chi connectivity index (χ4n) is 1.21. The lowest BCUT2D eigenvalue weighted by Crippen LogP contribution is -1.94. The molecule has 1 aromatic rings. The molecule has 0 radical (unpaired) electrons. The third kappa shape index (κ3) is 2.55. The topological polar surface area (TPSA) is 17.8 Å². The molecule has 1 aromatic heterocycles. The van der Waals surface area contributed by atoms with Gasteiger partial charge in [-0.15, -0.1) is 0 Å². The quantitative estimate of drug-likeness (QED) is 0.666. The predicted octanol–water partition coefficient (Wildman–Crippen LogP) is 2.02. The highest BCUT2D eigenvalue weighted by atomic mass is 32.2. The van der Waals surface area contributed by atoms with Crippen molar-refractivity contribution in [3.63, 3.8) is 0 Å². The Hall–Kier alpha value is -0.440. The van der Waals surface area contributed by atoms with E-state index in [1.807, 2.05) is 23.5 Å². The number of hydrogen-bond donors (Lipinski definition) is 0. The number of aryl methyl sites for hydroxylation is 3. The molecule has 0 fully saturated rings. The van der Waals surface area contributed by atoms with E-state index in [-0.39, 0.29) is 0 Å². The average molecular weight is 184 g/mol. The zero-order chi connectivity index (χ0) is 8.97. The fourth-order valence-corrected chi connectivity index (χ4v) is 1.84. The largest absolute Gasteiger partial charge is 0.275 e. The third-order valence-corrected chi connectivity index (χ3v) is 2.70. The van der Waals surface area contributed by atoms with Gasteiger partial charge in [0.05, 0.1) is 5.69 Å². The van der Waals surface area contributed by atoms with Crippen molar-refractivity contribution in [3.8, 4) is 0 Å². The predicted molar refractivity (Wildman–Crippen MR) is 54.6 cm³/mol. The molecule has 0 aromatic carbocycles. The standard InChI is InChI=1S/C9H16N2S/c1-4-12-6-5-9-8(2)7-11(3)10-9/h7H,4-6H2,1-3H3. The summed E-state index contributed by atoms with van der Waals surface area (Å²) in [5.41, 5.74) is 2.56. The first-order valence-corrected chi connectivity index (χ1v) is 5.46. The maximum absolute atomic E-state index is 4.39. The van der Waals surface area contributed by atoms with E-state index < -0.39 is 0 Å². The molecule has 0 amide bonds. The van der Waals surface area contributed by atoms with Crippen LogP contribution in [0.1, 0.15) is 18.2 Å². The van der Waals surface area contributed by atoms with Crippen LogP contribution in [0.3, 0.4) is 0 Å². The molecule has 68 valence electrons. The van der Waals surface area contributed by atoms with Crippen LogP contribution in [-0.4, -0.2) is 21.3 Å². The van der Waals surface area contributed by atoms with Gasteiger partial charge < -0.3 is 0 Å². The molecule has 0 saturated carbocycles. The Labute approximate surface area is 78.4 Å². The smallest absolute Gasteiger partial charge is 0.0661 e. The highest BCUT2D eigenvalue weighted by Crippen LogP contribution is 2.08. The minimum absolute atomic E-state index is 1.10. The molecule has 1 rings (SSSR count). The summed E-state index contributed by atoms with van der Waals surface area (Å²) in [6.45, 7) is 4.31. The Balaban J connectivity index is 2.45. The van der Waals surface area contributed by atoms with Gasteiger partial charge in [0.25, 0.3) is 0 Å². The Kier molecular flexibility index (Phi) is 3.66. The van der Waals surface area contributed by atoms with Crippen LogP contribution >= 0.6 is 11.8 Å². The first-order chi connectivity index (χ1) is 5.74. The summed E-state index contributed by atoms with van der Waals surface area (Å²) in [6, 6.07) is 0. The summed E-state index contributed by atoms with van der Waals surface area (Å²) in [7, 11) is 1.98. The maximum Gasteiger partial charge on any atom is 0.0661 e. The van der Waals surface area contributed by atoms with Gasteiger partial charge in [0.1, 0.15) is 0 Å². The van der Waals surface area contributed by atoms with Crippen LogP contribution in [0.2, 0.25) is 0 Å². The second-order valence-corrected chi connectivity index (χ2v) is 4.27. The normalized spacial score (nSPS) is 10.6. The molecular formula is C9H16N2S. The molecular weight excluding hydrogens is 168 g/mol. The van der Waals surface area contributed by atoms with Crippen LogP contribution in [0.15, 0.2) is 6.20 Å². The zero-order valence-electron chi connectivity index (χ0n) is 8.00. The number of nitrogens with zero attached hydrogens (tertiary/aromatic N) is 2. The molecule has 0 spiro atoms. The van der Waals surface area contributed by atoms with Crippen molar-refractivity contribution in [2.75, 3.05) is 11.5 Å². The number of rotatable bonds is 4.